The molecule has 0 radical (unpaired) electrons. The molecule has 2 heteroatoms. The Labute approximate surface area is 180 Å². The molecule has 0 aromatic heterocycles. The molecule has 0 bridgehead atoms. The molecule has 0 aliphatic heterocycles. The van der Waals surface area contributed by atoms with Gasteiger partial charge in [-0.15, -0.1) is 0 Å². The van der Waals surface area contributed by atoms with Gasteiger partial charge >= 0.3 is 181 Å². The normalized spacial score (nSPS) is 20.9. The molecule has 2 aromatic rings. The van der Waals surface area contributed by atoms with E-state index in [0.717, 1.165) is 8.58 Å². The van der Waals surface area contributed by atoms with E-state index < -0.39 is 0 Å². The molecule has 0 saturated heterocycles. The third kappa shape index (κ3) is 3.35. The Balaban J connectivity index is 1.72. The van der Waals surface area contributed by atoms with Gasteiger partial charge in [0, 0.05) is 0 Å². The molecule has 0 amide bonds. The first kappa shape index (κ1) is 20.1. The van der Waals surface area contributed by atoms with Crippen LogP contribution >= 0.6 is 8.58 Å². The molecule has 4 rings (SSSR count). The zero-order valence-electron chi connectivity index (χ0n) is 17.8. The average molecular weight is 420 g/mol. The van der Waals surface area contributed by atoms with Crippen molar-refractivity contribution >= 4 is 20.0 Å². The van der Waals surface area contributed by atoms with Gasteiger partial charge in [-0.25, -0.2) is 0 Å². The fourth-order valence-corrected chi connectivity index (χ4v) is 9.38. The molecule has 142 valence electrons. The van der Waals surface area contributed by atoms with Gasteiger partial charge in [0.05, 0.1) is 0 Å². The van der Waals surface area contributed by atoms with Crippen LogP contribution in [0.25, 0.3) is 6.08 Å². The molecule has 0 saturated carbocycles. The minimum absolute atomic E-state index is 0.225. The Hall–Kier alpha value is -1.20. The van der Waals surface area contributed by atoms with E-state index in [0.29, 0.717) is 4.22 Å². The molecule has 0 fully saturated rings. The molecule has 0 nitrogen and oxygen atoms in total. The van der Waals surface area contributed by atoms with Crippen molar-refractivity contribution in [1.82, 2.24) is 0 Å². The van der Waals surface area contributed by atoms with Crippen molar-refractivity contribution in [1.29, 1.82) is 0 Å². The summed E-state index contributed by atoms with van der Waals surface area (Å²) in [4.78, 5) is 0. The van der Waals surface area contributed by atoms with Crippen molar-refractivity contribution in [2.45, 2.75) is 45.8 Å². The van der Waals surface area contributed by atoms with Crippen molar-refractivity contribution < 1.29 is 19.2 Å². The van der Waals surface area contributed by atoms with Gasteiger partial charge in [-0.05, 0) is 0 Å². The zero-order valence-corrected chi connectivity index (χ0v) is 20.3. The topological polar surface area (TPSA) is 0 Å². The number of hydrogen-bond acceptors (Lipinski definition) is 0. The molecule has 0 heterocycles. The summed E-state index contributed by atoms with van der Waals surface area (Å²) in [5.41, 5.74) is 9.33. The second-order valence-electron chi connectivity index (χ2n) is 8.62. The summed E-state index contributed by atoms with van der Waals surface area (Å²) >= 11 is -0.299. The Morgan fingerprint density at radius 3 is 2.21 bits per heavy atom. The Morgan fingerprint density at radius 2 is 1.54 bits per heavy atom. The minimum atomic E-state index is -0.299. The zero-order chi connectivity index (χ0) is 20.1. The van der Waals surface area contributed by atoms with Crippen LogP contribution in [0.2, 0.25) is 0 Å². The van der Waals surface area contributed by atoms with Crippen LogP contribution in [0.5, 0.6) is 0 Å². The number of rotatable bonds is 4. The van der Waals surface area contributed by atoms with Gasteiger partial charge in [0.1, 0.15) is 0 Å². The van der Waals surface area contributed by atoms with E-state index in [1.54, 1.807) is 25.9 Å². The van der Waals surface area contributed by atoms with E-state index >= 15 is 0 Å². The van der Waals surface area contributed by atoms with Gasteiger partial charge in [-0.3, -0.25) is 0 Å². The van der Waals surface area contributed by atoms with Crippen molar-refractivity contribution in [3.8, 4) is 0 Å². The molecule has 2 aliphatic carbocycles. The molecule has 0 spiro atoms. The first-order chi connectivity index (χ1) is 13.3. The third-order valence-corrected chi connectivity index (χ3v) is 12.1. The summed E-state index contributed by atoms with van der Waals surface area (Å²) in [7, 11) is 0.774. The maximum absolute atomic E-state index is 2.50. The van der Waals surface area contributed by atoms with Crippen LogP contribution in [0, 0.1) is 12.3 Å². The van der Waals surface area contributed by atoms with Crippen molar-refractivity contribution in [3.05, 3.63) is 91.1 Å². The second kappa shape index (κ2) is 7.57. The summed E-state index contributed by atoms with van der Waals surface area (Å²) in [6.07, 6.45) is 2.50. The quantitative estimate of drug-likeness (QED) is 0.365. The van der Waals surface area contributed by atoms with E-state index in [1.807, 2.05) is 0 Å². The van der Waals surface area contributed by atoms with E-state index in [-0.39, 0.29) is 24.6 Å². The SMILES string of the molecule is CC1=C(C)C(C)(C)[C]([Ti][CH]2C(Pc3ccccc3C)=Cc3ccccc32)=C1C. The summed E-state index contributed by atoms with van der Waals surface area (Å²) < 4.78 is 2.38. The number of fused-ring (bicyclic) bond motifs is 1. The van der Waals surface area contributed by atoms with Crippen LogP contribution in [0.15, 0.2) is 74.4 Å². The monoisotopic (exact) mass is 420 g/mol. The third-order valence-electron chi connectivity index (χ3n) is 6.70. The molecule has 28 heavy (non-hydrogen) atoms. The molecule has 2 unspecified atom stereocenters. The summed E-state index contributed by atoms with van der Waals surface area (Å²) in [5, 5.41) is 3.15. The fraction of sp³-hybridized carbons (Fsp3) is 0.308. The first-order valence-corrected chi connectivity index (χ1v) is 12.8. The molecule has 2 atom stereocenters. The van der Waals surface area contributed by atoms with Crippen LogP contribution in [0.3, 0.4) is 0 Å². The van der Waals surface area contributed by atoms with Crippen LogP contribution in [-0.2, 0) is 19.2 Å². The molecule has 2 aromatic carbocycles. The van der Waals surface area contributed by atoms with E-state index in [1.165, 1.54) is 22.0 Å². The number of hydrogen-bond donors (Lipinski definition) is 0. The fourth-order valence-electron chi connectivity index (χ4n) is 4.48. The Kier molecular flexibility index (Phi) is 5.43. The van der Waals surface area contributed by atoms with Gasteiger partial charge < -0.3 is 0 Å². The van der Waals surface area contributed by atoms with Gasteiger partial charge in [-0.1, -0.05) is 0 Å². The maximum atomic E-state index is 2.50. The van der Waals surface area contributed by atoms with Crippen LogP contribution in [0.1, 0.15) is 55.5 Å². The van der Waals surface area contributed by atoms with Gasteiger partial charge in [-0.2, -0.15) is 0 Å². The molecular formula is C26H29PTi. The summed E-state index contributed by atoms with van der Waals surface area (Å²) in [5.74, 6) is 0. The average Bonchev–Trinajstić information content (AvgIpc) is 3.08. The Morgan fingerprint density at radius 1 is 0.857 bits per heavy atom. The van der Waals surface area contributed by atoms with E-state index in [4.69, 9.17) is 0 Å². The van der Waals surface area contributed by atoms with Gasteiger partial charge in [0.15, 0.2) is 0 Å². The van der Waals surface area contributed by atoms with E-state index in [9.17, 15) is 0 Å². The Bertz CT molecular complexity index is 1040. The van der Waals surface area contributed by atoms with Crippen LogP contribution in [-0.4, -0.2) is 0 Å². The predicted octanol–water partition coefficient (Wildman–Crippen LogP) is 7.13. The van der Waals surface area contributed by atoms with Crippen LogP contribution in [0.4, 0.5) is 0 Å². The summed E-state index contributed by atoms with van der Waals surface area (Å²) in [6.45, 7) is 14.1. The number of benzene rings is 2. The van der Waals surface area contributed by atoms with Gasteiger partial charge in [0.25, 0.3) is 0 Å². The molecule has 2 aliphatic rings. The van der Waals surface area contributed by atoms with Crippen molar-refractivity contribution in [3.63, 3.8) is 0 Å². The van der Waals surface area contributed by atoms with Crippen molar-refractivity contribution in [2.75, 3.05) is 0 Å². The predicted molar refractivity (Wildman–Crippen MR) is 121 cm³/mol. The van der Waals surface area contributed by atoms with Crippen molar-refractivity contribution in [2.24, 2.45) is 5.41 Å². The summed E-state index contributed by atoms with van der Waals surface area (Å²) in [6, 6.07) is 18.0. The first-order valence-electron chi connectivity index (χ1n) is 10.1. The van der Waals surface area contributed by atoms with Crippen LogP contribution < -0.4 is 5.30 Å². The number of allylic oxidation sites excluding steroid dienone is 5. The standard InChI is InChI=1S/C16H14P.C10H15.Ti/c1-12-6-2-5-9-16(12)17-15-10-13-7-3-4-8-14(13)11-15;1-7-6-10(4,5)9(3)8(7)2;/h2-11,17H,1H3;1-5H3;. The molecular weight excluding hydrogens is 391 g/mol. The van der Waals surface area contributed by atoms with Gasteiger partial charge in [0.2, 0.25) is 0 Å². The second-order valence-corrected chi connectivity index (χ2v) is 12.1. The molecule has 0 N–H and O–H groups in total. The number of aryl methyl sites for hydroxylation is 1. The van der Waals surface area contributed by atoms with E-state index in [2.05, 4.69) is 96.1 Å².